The van der Waals surface area contributed by atoms with Gasteiger partial charge in [0.15, 0.2) is 0 Å². The largest absolute Gasteiger partial charge is 0.382 e. The van der Waals surface area contributed by atoms with Crippen LogP contribution < -0.4 is 5.32 Å². The highest BCUT2D eigenvalue weighted by Gasteiger charge is 2.26. The van der Waals surface area contributed by atoms with Crippen LogP contribution in [0.5, 0.6) is 0 Å². The van der Waals surface area contributed by atoms with Gasteiger partial charge in [0.05, 0.1) is 4.92 Å². The maximum Gasteiger partial charge on any atom is 0.287 e. The van der Waals surface area contributed by atoms with Gasteiger partial charge in [-0.3, -0.25) is 10.1 Å². The van der Waals surface area contributed by atoms with E-state index in [0.29, 0.717) is 11.5 Å². The normalized spacial score (nSPS) is 18.2. The molecule has 0 aliphatic heterocycles. The summed E-state index contributed by atoms with van der Waals surface area (Å²) in [5, 5.41) is 23.2. The lowest BCUT2D eigenvalue weighted by atomic mass is 9.75. The minimum Gasteiger partial charge on any atom is -0.382 e. The number of nitro groups is 1. The van der Waals surface area contributed by atoms with Crippen molar-refractivity contribution in [3.8, 4) is 6.07 Å². The van der Waals surface area contributed by atoms with Crippen LogP contribution in [0.2, 0.25) is 0 Å². The maximum absolute atomic E-state index is 10.8. The topological polar surface area (TPSA) is 79.0 Å². The molecule has 2 rings (SSSR count). The lowest BCUT2D eigenvalue weighted by Crippen LogP contribution is -2.29. The van der Waals surface area contributed by atoms with Crippen molar-refractivity contribution in [2.24, 2.45) is 5.41 Å². The Hall–Kier alpha value is -2.09. The zero-order valence-corrected chi connectivity index (χ0v) is 11.8. The van der Waals surface area contributed by atoms with Crippen LogP contribution in [-0.4, -0.2) is 11.0 Å². The molecule has 0 amide bonds. The fraction of sp³-hybridized carbons (Fsp3) is 0.533. The van der Waals surface area contributed by atoms with E-state index >= 15 is 0 Å². The zero-order chi connectivity index (χ0) is 14.8. The predicted molar refractivity (Wildman–Crippen MR) is 77.5 cm³/mol. The lowest BCUT2D eigenvalue weighted by molar-refractivity contribution is -0.385. The first kappa shape index (κ1) is 14.3. The summed E-state index contributed by atoms with van der Waals surface area (Å²) in [5.41, 5.74) is 1.17. The molecule has 1 saturated carbocycles. The molecule has 1 aromatic carbocycles. The lowest BCUT2D eigenvalue weighted by Gasteiger charge is -2.35. The second-order valence-corrected chi connectivity index (χ2v) is 6.18. The second-order valence-electron chi connectivity index (χ2n) is 6.18. The van der Waals surface area contributed by atoms with Crippen LogP contribution in [-0.2, 0) is 0 Å². The van der Waals surface area contributed by atoms with Crippen LogP contribution in [0.4, 0.5) is 11.4 Å². The number of hydrogen-bond donors (Lipinski definition) is 1. The van der Waals surface area contributed by atoms with Gasteiger partial charge in [-0.1, -0.05) is 13.8 Å². The molecular formula is C15H19N3O2. The van der Waals surface area contributed by atoms with Gasteiger partial charge < -0.3 is 5.32 Å². The summed E-state index contributed by atoms with van der Waals surface area (Å²) < 4.78 is 0. The smallest absolute Gasteiger partial charge is 0.287 e. The standard InChI is InChI=1S/C15H19N3O2/c1-15(2)7-5-12(6-8-15)17-13-3-4-14(18(19)20)11(9-13)10-16/h3-4,9,12,17H,5-8H2,1-2H3. The minimum atomic E-state index is -0.522. The van der Waals surface area contributed by atoms with Crippen molar-refractivity contribution < 1.29 is 4.92 Å². The Morgan fingerprint density at radius 2 is 2.05 bits per heavy atom. The summed E-state index contributed by atoms with van der Waals surface area (Å²) in [6, 6.07) is 6.91. The summed E-state index contributed by atoms with van der Waals surface area (Å²) in [5.74, 6) is 0. The summed E-state index contributed by atoms with van der Waals surface area (Å²) in [6.07, 6.45) is 4.52. The van der Waals surface area contributed by atoms with E-state index in [1.165, 1.54) is 18.9 Å². The van der Waals surface area contributed by atoms with Crippen LogP contribution in [0.1, 0.15) is 45.1 Å². The molecule has 0 bridgehead atoms. The maximum atomic E-state index is 10.8. The number of hydrogen-bond acceptors (Lipinski definition) is 4. The minimum absolute atomic E-state index is 0.108. The summed E-state index contributed by atoms with van der Waals surface area (Å²) in [4.78, 5) is 10.3. The summed E-state index contributed by atoms with van der Waals surface area (Å²) in [6.45, 7) is 4.56. The highest BCUT2D eigenvalue weighted by atomic mass is 16.6. The first-order valence-electron chi connectivity index (χ1n) is 6.86. The molecule has 1 fully saturated rings. The molecule has 20 heavy (non-hydrogen) atoms. The van der Waals surface area contributed by atoms with E-state index in [1.54, 1.807) is 12.1 Å². The molecule has 5 heteroatoms. The summed E-state index contributed by atoms with van der Waals surface area (Å²) >= 11 is 0. The van der Waals surface area contributed by atoms with Crippen molar-refractivity contribution in [3.63, 3.8) is 0 Å². The van der Waals surface area contributed by atoms with E-state index in [1.807, 2.05) is 6.07 Å². The van der Waals surface area contributed by atoms with Crippen molar-refractivity contribution in [2.45, 2.75) is 45.6 Å². The third-order valence-electron chi connectivity index (χ3n) is 4.02. The van der Waals surface area contributed by atoms with Crippen LogP contribution in [0, 0.1) is 26.9 Å². The van der Waals surface area contributed by atoms with Crippen LogP contribution in [0.15, 0.2) is 18.2 Å². The molecule has 106 valence electrons. The molecular weight excluding hydrogens is 254 g/mol. The summed E-state index contributed by atoms with van der Waals surface area (Å²) in [7, 11) is 0. The average molecular weight is 273 g/mol. The number of rotatable bonds is 3. The molecule has 1 N–H and O–H groups in total. The van der Waals surface area contributed by atoms with Gasteiger partial charge in [-0.25, -0.2) is 0 Å². The predicted octanol–water partition coefficient (Wildman–Crippen LogP) is 3.85. The van der Waals surface area contributed by atoms with Gasteiger partial charge in [0.1, 0.15) is 11.6 Å². The Labute approximate surface area is 118 Å². The number of nitrogens with zero attached hydrogens (tertiary/aromatic N) is 2. The Bertz CT molecular complexity index is 551. The van der Waals surface area contributed by atoms with Gasteiger partial charge in [-0.05, 0) is 43.2 Å². The highest BCUT2D eigenvalue weighted by molar-refractivity contribution is 5.59. The highest BCUT2D eigenvalue weighted by Crippen LogP contribution is 2.36. The van der Waals surface area contributed by atoms with Gasteiger partial charge in [-0.15, -0.1) is 0 Å². The number of nitriles is 1. The first-order valence-corrected chi connectivity index (χ1v) is 6.86. The molecule has 0 spiro atoms. The third kappa shape index (κ3) is 3.27. The van der Waals surface area contributed by atoms with E-state index in [-0.39, 0.29) is 11.3 Å². The molecule has 0 radical (unpaired) electrons. The van der Waals surface area contributed by atoms with Gasteiger partial charge in [0, 0.05) is 17.8 Å². The SMILES string of the molecule is CC1(C)CCC(Nc2ccc([N+](=O)[O-])c(C#N)c2)CC1. The van der Waals surface area contributed by atoms with Crippen LogP contribution in [0.25, 0.3) is 0 Å². The number of nitrogens with one attached hydrogen (secondary N) is 1. The Morgan fingerprint density at radius 3 is 2.60 bits per heavy atom. The Kier molecular flexibility index (Phi) is 3.93. The van der Waals surface area contributed by atoms with E-state index in [9.17, 15) is 10.1 Å². The van der Waals surface area contributed by atoms with Crippen LogP contribution >= 0.6 is 0 Å². The fourth-order valence-corrected chi connectivity index (χ4v) is 2.65. The molecule has 1 aromatic rings. The van der Waals surface area contributed by atoms with E-state index < -0.39 is 4.92 Å². The molecule has 0 saturated heterocycles. The number of anilines is 1. The fourth-order valence-electron chi connectivity index (χ4n) is 2.65. The van der Waals surface area contributed by atoms with Gasteiger partial charge in [0.2, 0.25) is 0 Å². The van der Waals surface area contributed by atoms with Crippen molar-refractivity contribution in [2.75, 3.05) is 5.32 Å². The number of benzene rings is 1. The van der Waals surface area contributed by atoms with Crippen molar-refractivity contribution >= 4 is 11.4 Å². The van der Waals surface area contributed by atoms with Crippen LogP contribution in [0.3, 0.4) is 0 Å². The second kappa shape index (κ2) is 5.49. The van der Waals surface area contributed by atoms with Crippen molar-refractivity contribution in [3.05, 3.63) is 33.9 Å². The van der Waals surface area contributed by atoms with Gasteiger partial charge >= 0.3 is 0 Å². The molecule has 1 aliphatic carbocycles. The Balaban J connectivity index is 2.08. The molecule has 0 heterocycles. The van der Waals surface area contributed by atoms with E-state index in [4.69, 9.17) is 5.26 Å². The van der Waals surface area contributed by atoms with Gasteiger partial charge in [0.25, 0.3) is 5.69 Å². The molecule has 1 aliphatic rings. The first-order chi connectivity index (χ1) is 9.41. The molecule has 0 unspecified atom stereocenters. The number of nitro benzene ring substituents is 1. The third-order valence-corrected chi connectivity index (χ3v) is 4.02. The Morgan fingerprint density at radius 1 is 1.40 bits per heavy atom. The quantitative estimate of drug-likeness (QED) is 0.670. The molecule has 0 atom stereocenters. The molecule has 5 nitrogen and oxygen atoms in total. The van der Waals surface area contributed by atoms with Gasteiger partial charge in [-0.2, -0.15) is 5.26 Å². The zero-order valence-electron chi connectivity index (χ0n) is 11.8. The van der Waals surface area contributed by atoms with Crippen molar-refractivity contribution in [1.82, 2.24) is 0 Å². The molecule has 0 aromatic heterocycles. The monoisotopic (exact) mass is 273 g/mol. The van der Waals surface area contributed by atoms with E-state index in [0.717, 1.165) is 18.5 Å². The van der Waals surface area contributed by atoms with E-state index in [2.05, 4.69) is 19.2 Å². The average Bonchev–Trinajstić information content (AvgIpc) is 2.40. The van der Waals surface area contributed by atoms with Crippen molar-refractivity contribution in [1.29, 1.82) is 5.26 Å².